The van der Waals surface area contributed by atoms with Crippen molar-refractivity contribution in [3.8, 4) is 5.75 Å². The highest BCUT2D eigenvalue weighted by Crippen LogP contribution is 2.23. The summed E-state index contributed by atoms with van der Waals surface area (Å²) in [5.74, 6) is 0.573. The molecule has 1 unspecified atom stereocenters. The lowest BCUT2D eigenvalue weighted by Crippen LogP contribution is -2.53. The van der Waals surface area contributed by atoms with Crippen LogP contribution in [0.15, 0.2) is 53.4 Å². The SMILES string of the molecule is Cc1cccc(OC(C)C(=O)N2CCN(S(=O)(=O)c3ccccc3)CC2)c1C. The Morgan fingerprint density at radius 3 is 2.25 bits per heavy atom. The molecule has 0 aromatic heterocycles. The number of rotatable bonds is 5. The molecule has 0 radical (unpaired) electrons. The second-order valence-electron chi connectivity index (χ2n) is 7.00. The van der Waals surface area contributed by atoms with Crippen LogP contribution in [-0.4, -0.2) is 55.8 Å². The lowest BCUT2D eigenvalue weighted by Gasteiger charge is -2.35. The number of carbonyl (C=O) groups is 1. The molecule has 3 rings (SSSR count). The third-order valence-corrected chi connectivity index (χ3v) is 7.05. The number of aryl methyl sites for hydroxylation is 1. The minimum absolute atomic E-state index is 0.127. The number of hydrogen-bond acceptors (Lipinski definition) is 4. The third-order valence-electron chi connectivity index (χ3n) is 5.14. The first-order valence-electron chi connectivity index (χ1n) is 9.37. The number of benzene rings is 2. The van der Waals surface area contributed by atoms with Crippen LogP contribution in [0.2, 0.25) is 0 Å². The van der Waals surface area contributed by atoms with Gasteiger partial charge in [-0.3, -0.25) is 4.79 Å². The van der Waals surface area contributed by atoms with Crippen molar-refractivity contribution in [1.82, 2.24) is 9.21 Å². The number of piperazine rings is 1. The Bertz CT molecular complexity index is 936. The number of carbonyl (C=O) groups excluding carboxylic acids is 1. The number of hydrogen-bond donors (Lipinski definition) is 0. The molecule has 28 heavy (non-hydrogen) atoms. The van der Waals surface area contributed by atoms with Gasteiger partial charge in [0.25, 0.3) is 5.91 Å². The zero-order valence-corrected chi connectivity index (χ0v) is 17.3. The molecule has 6 nitrogen and oxygen atoms in total. The largest absolute Gasteiger partial charge is 0.481 e. The molecule has 2 aromatic carbocycles. The van der Waals surface area contributed by atoms with E-state index in [9.17, 15) is 13.2 Å². The summed E-state index contributed by atoms with van der Waals surface area (Å²) >= 11 is 0. The molecule has 2 aromatic rings. The second-order valence-corrected chi connectivity index (χ2v) is 8.94. The van der Waals surface area contributed by atoms with Crippen molar-refractivity contribution in [2.75, 3.05) is 26.2 Å². The van der Waals surface area contributed by atoms with Gasteiger partial charge in [0.05, 0.1) is 4.90 Å². The molecule has 1 fully saturated rings. The molecule has 0 aliphatic carbocycles. The topological polar surface area (TPSA) is 66.9 Å². The molecule has 0 spiro atoms. The zero-order chi connectivity index (χ0) is 20.3. The van der Waals surface area contributed by atoms with E-state index in [0.717, 1.165) is 11.1 Å². The van der Waals surface area contributed by atoms with Gasteiger partial charge in [-0.25, -0.2) is 8.42 Å². The normalized spacial score (nSPS) is 16.6. The van der Waals surface area contributed by atoms with Gasteiger partial charge >= 0.3 is 0 Å². The lowest BCUT2D eigenvalue weighted by atomic mass is 10.1. The molecule has 1 heterocycles. The van der Waals surface area contributed by atoms with E-state index in [1.54, 1.807) is 42.2 Å². The minimum atomic E-state index is -3.53. The molecular formula is C21H26N2O4S. The third kappa shape index (κ3) is 4.20. The van der Waals surface area contributed by atoms with Crippen molar-refractivity contribution < 1.29 is 17.9 Å². The Morgan fingerprint density at radius 1 is 0.964 bits per heavy atom. The first-order valence-corrected chi connectivity index (χ1v) is 10.8. The molecule has 7 heteroatoms. The molecule has 0 bridgehead atoms. The molecule has 0 saturated carbocycles. The lowest BCUT2D eigenvalue weighted by molar-refractivity contribution is -0.139. The van der Waals surface area contributed by atoms with Crippen molar-refractivity contribution in [1.29, 1.82) is 0 Å². The van der Waals surface area contributed by atoms with Gasteiger partial charge in [-0.1, -0.05) is 30.3 Å². The van der Waals surface area contributed by atoms with Crippen LogP contribution in [0.3, 0.4) is 0 Å². The van der Waals surface area contributed by atoms with Gasteiger partial charge in [-0.15, -0.1) is 0 Å². The quantitative estimate of drug-likeness (QED) is 0.771. The fourth-order valence-corrected chi connectivity index (χ4v) is 4.68. The highest BCUT2D eigenvalue weighted by Gasteiger charge is 2.32. The van der Waals surface area contributed by atoms with E-state index in [0.29, 0.717) is 18.8 Å². The maximum atomic E-state index is 12.8. The van der Waals surface area contributed by atoms with Crippen LogP contribution in [0.25, 0.3) is 0 Å². The van der Waals surface area contributed by atoms with Crippen molar-refractivity contribution in [2.45, 2.75) is 31.8 Å². The van der Waals surface area contributed by atoms with E-state index in [2.05, 4.69) is 0 Å². The number of sulfonamides is 1. The highest BCUT2D eigenvalue weighted by atomic mass is 32.2. The van der Waals surface area contributed by atoms with Gasteiger partial charge in [0.2, 0.25) is 10.0 Å². The zero-order valence-electron chi connectivity index (χ0n) is 16.5. The molecule has 1 aliphatic rings. The maximum Gasteiger partial charge on any atom is 0.263 e. The Kier molecular flexibility index (Phi) is 6.05. The van der Waals surface area contributed by atoms with Gasteiger partial charge in [0.15, 0.2) is 6.10 Å². The van der Waals surface area contributed by atoms with Crippen molar-refractivity contribution in [3.63, 3.8) is 0 Å². The van der Waals surface area contributed by atoms with Crippen LogP contribution < -0.4 is 4.74 Å². The van der Waals surface area contributed by atoms with Gasteiger partial charge in [-0.2, -0.15) is 4.31 Å². The summed E-state index contributed by atoms with van der Waals surface area (Å²) in [6, 6.07) is 14.1. The smallest absolute Gasteiger partial charge is 0.263 e. The predicted octanol–water partition coefficient (Wildman–Crippen LogP) is 2.60. The van der Waals surface area contributed by atoms with Crippen molar-refractivity contribution >= 4 is 15.9 Å². The molecule has 1 aliphatic heterocycles. The summed E-state index contributed by atoms with van der Waals surface area (Å²) in [6.07, 6.45) is -0.627. The van der Waals surface area contributed by atoms with Crippen LogP contribution in [0, 0.1) is 13.8 Å². The Balaban J connectivity index is 1.61. The van der Waals surface area contributed by atoms with E-state index < -0.39 is 16.1 Å². The van der Waals surface area contributed by atoms with Crippen LogP contribution in [0.4, 0.5) is 0 Å². The average Bonchev–Trinajstić information content (AvgIpc) is 2.71. The van der Waals surface area contributed by atoms with E-state index in [1.165, 1.54) is 4.31 Å². The predicted molar refractivity (Wildman–Crippen MR) is 108 cm³/mol. The van der Waals surface area contributed by atoms with Gasteiger partial charge in [-0.05, 0) is 50.1 Å². The second kappa shape index (κ2) is 8.32. The summed E-state index contributed by atoms with van der Waals surface area (Å²) in [5.41, 5.74) is 2.12. The monoisotopic (exact) mass is 402 g/mol. The van der Waals surface area contributed by atoms with E-state index in [4.69, 9.17) is 4.74 Å². The maximum absolute atomic E-state index is 12.8. The number of nitrogens with zero attached hydrogens (tertiary/aromatic N) is 2. The summed E-state index contributed by atoms with van der Waals surface area (Å²) in [5, 5.41) is 0. The summed E-state index contributed by atoms with van der Waals surface area (Å²) in [4.78, 5) is 14.7. The molecule has 1 saturated heterocycles. The highest BCUT2D eigenvalue weighted by molar-refractivity contribution is 7.89. The number of ether oxygens (including phenoxy) is 1. The van der Waals surface area contributed by atoms with Crippen LogP contribution in [0.1, 0.15) is 18.1 Å². The summed E-state index contributed by atoms with van der Waals surface area (Å²) in [7, 11) is -3.53. The Labute approximate surface area is 166 Å². The Hall–Kier alpha value is -2.38. The van der Waals surface area contributed by atoms with Gasteiger partial charge < -0.3 is 9.64 Å². The molecule has 0 N–H and O–H groups in total. The molecule has 150 valence electrons. The van der Waals surface area contributed by atoms with E-state index in [1.807, 2.05) is 32.0 Å². The Morgan fingerprint density at radius 2 is 1.61 bits per heavy atom. The van der Waals surface area contributed by atoms with Crippen molar-refractivity contribution in [2.24, 2.45) is 0 Å². The van der Waals surface area contributed by atoms with E-state index in [-0.39, 0.29) is 23.9 Å². The fourth-order valence-electron chi connectivity index (χ4n) is 3.24. The summed E-state index contributed by atoms with van der Waals surface area (Å²) < 4.78 is 32.7. The van der Waals surface area contributed by atoms with Crippen LogP contribution >= 0.6 is 0 Å². The van der Waals surface area contributed by atoms with Crippen LogP contribution in [-0.2, 0) is 14.8 Å². The van der Waals surface area contributed by atoms with Crippen LogP contribution in [0.5, 0.6) is 5.75 Å². The standard InChI is InChI=1S/C21H26N2O4S/c1-16-8-7-11-20(17(16)2)27-18(3)21(24)22-12-14-23(15-13-22)28(25,26)19-9-5-4-6-10-19/h4-11,18H,12-15H2,1-3H3. The number of amides is 1. The van der Waals surface area contributed by atoms with E-state index >= 15 is 0 Å². The average molecular weight is 403 g/mol. The first kappa shape index (κ1) is 20.4. The molecular weight excluding hydrogens is 376 g/mol. The van der Waals surface area contributed by atoms with Gasteiger partial charge in [0, 0.05) is 26.2 Å². The minimum Gasteiger partial charge on any atom is -0.481 e. The first-order chi connectivity index (χ1) is 13.3. The molecule has 1 amide bonds. The van der Waals surface area contributed by atoms with Crippen molar-refractivity contribution in [3.05, 3.63) is 59.7 Å². The van der Waals surface area contributed by atoms with Gasteiger partial charge in [0.1, 0.15) is 5.75 Å². The summed E-state index contributed by atoms with van der Waals surface area (Å²) in [6.45, 7) is 6.96. The fraction of sp³-hybridized carbons (Fsp3) is 0.381. The molecule has 1 atom stereocenters.